The molecule has 6 nitrogen and oxygen atoms in total. The zero-order valence-corrected chi connectivity index (χ0v) is 12.6. The van der Waals surface area contributed by atoms with Crippen LogP contribution < -0.4 is 16.4 Å². The molecule has 1 unspecified atom stereocenters. The summed E-state index contributed by atoms with van der Waals surface area (Å²) in [5.41, 5.74) is 6.50. The van der Waals surface area contributed by atoms with Gasteiger partial charge >= 0.3 is 0 Å². The second kappa shape index (κ2) is 8.51. The minimum absolute atomic E-state index is 0.142. The maximum Gasteiger partial charge on any atom is 0.240 e. The minimum atomic E-state index is -0.649. The standard InChI is InChI=1S/C16H23N3O3/c17-16(21)14(7-6-12-4-2-1-3-5-12)19-15(20)10-13-11-18-8-9-22-13/h1-5,13-14,18H,6-11H2,(H2,17,21)(H,19,20)/t13?,14-/m0/s1. The lowest BCUT2D eigenvalue weighted by Gasteiger charge is -2.24. The van der Waals surface area contributed by atoms with E-state index < -0.39 is 11.9 Å². The van der Waals surface area contributed by atoms with Crippen LogP contribution in [0, 0.1) is 0 Å². The van der Waals surface area contributed by atoms with E-state index in [-0.39, 0.29) is 18.4 Å². The molecule has 0 spiro atoms. The smallest absolute Gasteiger partial charge is 0.240 e. The SMILES string of the molecule is NC(=O)[C@H](CCc1ccccc1)NC(=O)CC1CNCCO1. The fraction of sp³-hybridized carbons (Fsp3) is 0.500. The number of nitrogens with two attached hydrogens (primary N) is 1. The fourth-order valence-corrected chi connectivity index (χ4v) is 2.45. The quantitative estimate of drug-likeness (QED) is 0.659. The Bertz CT molecular complexity index is 487. The van der Waals surface area contributed by atoms with Crippen molar-refractivity contribution in [1.29, 1.82) is 0 Å². The van der Waals surface area contributed by atoms with Crippen LogP contribution in [0.15, 0.2) is 30.3 Å². The number of nitrogens with one attached hydrogen (secondary N) is 2. The largest absolute Gasteiger partial charge is 0.375 e. The molecular formula is C16H23N3O3. The highest BCUT2D eigenvalue weighted by Crippen LogP contribution is 2.06. The number of primary amides is 1. The summed E-state index contributed by atoms with van der Waals surface area (Å²) >= 11 is 0. The molecule has 1 aliphatic rings. The van der Waals surface area contributed by atoms with Crippen LogP contribution in [0.3, 0.4) is 0 Å². The van der Waals surface area contributed by atoms with E-state index in [1.54, 1.807) is 0 Å². The van der Waals surface area contributed by atoms with Crippen molar-refractivity contribution in [3.05, 3.63) is 35.9 Å². The first-order valence-electron chi connectivity index (χ1n) is 7.60. The van der Waals surface area contributed by atoms with Gasteiger partial charge in [-0.25, -0.2) is 0 Å². The average molecular weight is 305 g/mol. The molecule has 1 aromatic rings. The van der Waals surface area contributed by atoms with Crippen molar-refractivity contribution in [2.75, 3.05) is 19.7 Å². The average Bonchev–Trinajstić information content (AvgIpc) is 2.53. The van der Waals surface area contributed by atoms with Crippen LogP contribution in [-0.4, -0.2) is 43.7 Å². The normalized spacial score (nSPS) is 19.4. The first-order chi connectivity index (χ1) is 10.6. The molecule has 0 aliphatic carbocycles. The van der Waals surface area contributed by atoms with Gasteiger partial charge in [-0.15, -0.1) is 0 Å². The first kappa shape index (κ1) is 16.5. The summed E-state index contributed by atoms with van der Waals surface area (Å²) in [6.07, 6.45) is 1.28. The van der Waals surface area contributed by atoms with E-state index in [0.29, 0.717) is 26.0 Å². The van der Waals surface area contributed by atoms with Gasteiger partial charge in [0.05, 0.1) is 19.1 Å². The van der Waals surface area contributed by atoms with Gasteiger partial charge in [-0.3, -0.25) is 9.59 Å². The van der Waals surface area contributed by atoms with Gasteiger partial charge in [-0.1, -0.05) is 30.3 Å². The summed E-state index contributed by atoms with van der Waals surface area (Å²) < 4.78 is 5.48. The number of amides is 2. The van der Waals surface area contributed by atoms with Gasteiger partial charge < -0.3 is 21.1 Å². The first-order valence-corrected chi connectivity index (χ1v) is 7.60. The third-order valence-corrected chi connectivity index (χ3v) is 3.66. The maximum atomic E-state index is 12.0. The second-order valence-corrected chi connectivity index (χ2v) is 5.45. The maximum absolute atomic E-state index is 12.0. The number of rotatable bonds is 7. The molecule has 1 aliphatic heterocycles. The van der Waals surface area contributed by atoms with E-state index in [0.717, 1.165) is 12.1 Å². The van der Waals surface area contributed by atoms with Crippen LogP contribution in [0.1, 0.15) is 18.4 Å². The minimum Gasteiger partial charge on any atom is -0.375 e. The molecule has 0 aromatic heterocycles. The Morgan fingerprint density at radius 3 is 2.77 bits per heavy atom. The highest BCUT2D eigenvalue weighted by molar-refractivity contribution is 5.86. The zero-order valence-electron chi connectivity index (χ0n) is 12.6. The van der Waals surface area contributed by atoms with Gasteiger partial charge in [0.25, 0.3) is 0 Å². The Hall–Kier alpha value is -1.92. The highest BCUT2D eigenvalue weighted by Gasteiger charge is 2.22. The lowest BCUT2D eigenvalue weighted by atomic mass is 10.0. The molecule has 0 saturated carbocycles. The van der Waals surface area contributed by atoms with E-state index >= 15 is 0 Å². The third-order valence-electron chi connectivity index (χ3n) is 3.66. The molecule has 120 valence electrons. The van der Waals surface area contributed by atoms with Gasteiger partial charge in [-0.2, -0.15) is 0 Å². The number of aryl methyl sites for hydroxylation is 1. The molecule has 2 atom stereocenters. The summed E-state index contributed by atoms with van der Waals surface area (Å²) in [5.74, 6) is -0.711. The lowest BCUT2D eigenvalue weighted by Crippen LogP contribution is -2.47. The predicted molar refractivity (Wildman–Crippen MR) is 83.1 cm³/mol. The molecule has 1 heterocycles. The van der Waals surface area contributed by atoms with Crippen molar-refractivity contribution in [2.24, 2.45) is 5.73 Å². The molecular weight excluding hydrogens is 282 g/mol. The Morgan fingerprint density at radius 1 is 1.36 bits per heavy atom. The van der Waals surface area contributed by atoms with Crippen LogP contribution in [0.25, 0.3) is 0 Å². The van der Waals surface area contributed by atoms with Crippen LogP contribution in [0.2, 0.25) is 0 Å². The molecule has 2 amide bonds. The fourth-order valence-electron chi connectivity index (χ4n) is 2.45. The van der Waals surface area contributed by atoms with Crippen molar-refractivity contribution < 1.29 is 14.3 Å². The van der Waals surface area contributed by atoms with E-state index in [1.807, 2.05) is 30.3 Å². The van der Waals surface area contributed by atoms with Crippen LogP contribution in [-0.2, 0) is 20.7 Å². The Labute approximate surface area is 130 Å². The lowest BCUT2D eigenvalue weighted by molar-refractivity contribution is -0.129. The summed E-state index contributed by atoms with van der Waals surface area (Å²) in [4.78, 5) is 23.5. The predicted octanol–water partition coefficient (Wildman–Crippen LogP) is -0.0322. The Kier molecular flexibility index (Phi) is 6.36. The van der Waals surface area contributed by atoms with Gasteiger partial charge in [-0.05, 0) is 18.4 Å². The van der Waals surface area contributed by atoms with Gasteiger partial charge in [0, 0.05) is 13.1 Å². The highest BCUT2D eigenvalue weighted by atomic mass is 16.5. The summed E-state index contributed by atoms with van der Waals surface area (Å²) in [6.45, 7) is 2.06. The molecule has 0 bridgehead atoms. The molecule has 1 aromatic carbocycles. The monoisotopic (exact) mass is 305 g/mol. The van der Waals surface area contributed by atoms with Crippen molar-refractivity contribution in [3.8, 4) is 0 Å². The van der Waals surface area contributed by atoms with Crippen molar-refractivity contribution in [3.63, 3.8) is 0 Å². The number of ether oxygens (including phenoxy) is 1. The Balaban J connectivity index is 1.80. The number of morpholine rings is 1. The van der Waals surface area contributed by atoms with E-state index in [2.05, 4.69) is 10.6 Å². The second-order valence-electron chi connectivity index (χ2n) is 5.45. The Morgan fingerprint density at radius 2 is 2.14 bits per heavy atom. The summed E-state index contributed by atoms with van der Waals surface area (Å²) in [6, 6.07) is 9.16. The molecule has 2 rings (SSSR count). The molecule has 22 heavy (non-hydrogen) atoms. The van der Waals surface area contributed by atoms with Crippen molar-refractivity contribution in [1.82, 2.24) is 10.6 Å². The topological polar surface area (TPSA) is 93.5 Å². The summed E-state index contributed by atoms with van der Waals surface area (Å²) in [7, 11) is 0. The number of carbonyl (C=O) groups excluding carboxylic acids is 2. The van der Waals surface area contributed by atoms with Gasteiger partial charge in [0.2, 0.25) is 11.8 Å². The number of benzene rings is 1. The third kappa shape index (κ3) is 5.46. The molecule has 1 saturated heterocycles. The van der Waals surface area contributed by atoms with Crippen molar-refractivity contribution >= 4 is 11.8 Å². The molecule has 4 N–H and O–H groups in total. The number of hydrogen-bond acceptors (Lipinski definition) is 4. The molecule has 0 radical (unpaired) electrons. The number of carbonyl (C=O) groups is 2. The van der Waals surface area contributed by atoms with Crippen LogP contribution in [0.4, 0.5) is 0 Å². The van der Waals surface area contributed by atoms with Crippen molar-refractivity contribution in [2.45, 2.75) is 31.4 Å². The van der Waals surface area contributed by atoms with Crippen LogP contribution in [0.5, 0.6) is 0 Å². The molecule has 1 fully saturated rings. The van der Waals surface area contributed by atoms with Crippen LogP contribution >= 0.6 is 0 Å². The van der Waals surface area contributed by atoms with E-state index in [4.69, 9.17) is 10.5 Å². The summed E-state index contributed by atoms with van der Waals surface area (Å²) in [5, 5.41) is 5.88. The van der Waals surface area contributed by atoms with Gasteiger partial charge in [0.15, 0.2) is 0 Å². The van der Waals surface area contributed by atoms with E-state index in [9.17, 15) is 9.59 Å². The van der Waals surface area contributed by atoms with Gasteiger partial charge in [0.1, 0.15) is 6.04 Å². The van der Waals surface area contributed by atoms with E-state index in [1.165, 1.54) is 0 Å². The number of hydrogen-bond donors (Lipinski definition) is 3. The zero-order chi connectivity index (χ0) is 15.8. The molecule has 6 heteroatoms.